The zero-order chi connectivity index (χ0) is 43.3. The van der Waals surface area contributed by atoms with E-state index in [1.807, 2.05) is 0 Å². The molecule has 4 rings (SSSR count). The van der Waals surface area contributed by atoms with E-state index in [0.29, 0.717) is 12.8 Å². The Morgan fingerprint density at radius 2 is 1.44 bits per heavy atom. The lowest BCUT2D eigenvalue weighted by Gasteiger charge is -2.36. The fourth-order valence-corrected chi connectivity index (χ4v) is 8.06. The number of ether oxygens (including phenoxy) is 2. The summed E-state index contributed by atoms with van der Waals surface area (Å²) in [5.74, 6) is -6.32. The Morgan fingerprint density at radius 3 is 2.00 bits per heavy atom. The molecule has 59 heavy (non-hydrogen) atoms. The molecule has 3 aliphatic rings. The fourth-order valence-electron chi connectivity index (χ4n) is 8.06. The van der Waals surface area contributed by atoms with Gasteiger partial charge in [-0.15, -0.1) is 0 Å². The minimum absolute atomic E-state index is 0.0504. The summed E-state index contributed by atoms with van der Waals surface area (Å²) < 4.78 is 10.3. The van der Waals surface area contributed by atoms with Gasteiger partial charge < -0.3 is 46.5 Å². The maximum atomic E-state index is 14.4. The number of carboxylic acid groups (broad SMARTS) is 1. The van der Waals surface area contributed by atoms with Crippen LogP contribution in [-0.4, -0.2) is 108 Å². The number of carbonyl (C=O) groups excluding carboxylic acids is 7. The Bertz CT molecular complexity index is 1730. The zero-order valence-corrected chi connectivity index (χ0v) is 34.5. The van der Waals surface area contributed by atoms with E-state index in [0.717, 1.165) is 57.4 Å². The van der Waals surface area contributed by atoms with E-state index >= 15 is 0 Å². The second-order valence-corrected chi connectivity index (χ2v) is 16.7. The van der Waals surface area contributed by atoms with Gasteiger partial charge >= 0.3 is 11.9 Å². The number of nitrogens with one attached hydrogen (secondary N) is 4. The van der Waals surface area contributed by atoms with Crippen molar-refractivity contribution in [2.75, 3.05) is 20.4 Å². The van der Waals surface area contributed by atoms with Gasteiger partial charge in [0.2, 0.25) is 29.5 Å². The maximum absolute atomic E-state index is 14.4. The van der Waals surface area contributed by atoms with Gasteiger partial charge in [-0.3, -0.25) is 28.8 Å². The summed E-state index contributed by atoms with van der Waals surface area (Å²) in [7, 11) is 1.21. The summed E-state index contributed by atoms with van der Waals surface area (Å²) in [5, 5.41) is 20.8. The van der Waals surface area contributed by atoms with Crippen LogP contribution in [0.25, 0.3) is 0 Å². The highest BCUT2D eigenvalue weighted by Crippen LogP contribution is 2.30. The molecule has 0 bridgehead atoms. The van der Waals surface area contributed by atoms with Crippen molar-refractivity contribution in [3.8, 4) is 0 Å². The highest BCUT2D eigenvalue weighted by molar-refractivity contribution is 6.06. The number of esters is 1. The molecule has 2 saturated carbocycles. The second kappa shape index (κ2) is 21.6. The van der Waals surface area contributed by atoms with Gasteiger partial charge in [-0.1, -0.05) is 77.5 Å². The van der Waals surface area contributed by atoms with Crippen LogP contribution in [0.5, 0.6) is 0 Å². The lowest BCUT2D eigenvalue weighted by atomic mass is 9.81. The number of aromatic carboxylic acids is 1. The predicted molar refractivity (Wildman–Crippen MR) is 214 cm³/mol. The minimum atomic E-state index is -1.34. The number of nitrogens with two attached hydrogens (primary N) is 1. The lowest BCUT2D eigenvalue weighted by Crippen LogP contribution is -2.62. The molecule has 0 aromatic heterocycles. The van der Waals surface area contributed by atoms with E-state index in [-0.39, 0.29) is 49.1 Å². The molecule has 17 heteroatoms. The molecule has 7 N–H and O–H groups in total. The number of nitrogens with zero attached hydrogens (tertiary/aromatic N) is 1. The largest absolute Gasteiger partial charge is 0.478 e. The van der Waals surface area contributed by atoms with E-state index < -0.39 is 83.0 Å². The Labute approximate surface area is 344 Å². The van der Waals surface area contributed by atoms with Crippen molar-refractivity contribution in [1.82, 2.24) is 26.2 Å². The van der Waals surface area contributed by atoms with Crippen molar-refractivity contribution < 1.29 is 52.9 Å². The van der Waals surface area contributed by atoms with Gasteiger partial charge in [0.1, 0.15) is 36.9 Å². The molecule has 324 valence electrons. The third-order valence-electron chi connectivity index (χ3n) is 11.4. The quantitative estimate of drug-likeness (QED) is 0.0982. The molecular weight excluding hydrogens is 764 g/mol. The highest BCUT2D eigenvalue weighted by Gasteiger charge is 2.45. The third-order valence-corrected chi connectivity index (χ3v) is 11.4. The van der Waals surface area contributed by atoms with Gasteiger partial charge in [0.25, 0.3) is 5.91 Å². The number of amides is 6. The van der Waals surface area contributed by atoms with Crippen LogP contribution in [-0.2, 0) is 38.2 Å². The molecule has 1 saturated heterocycles. The summed E-state index contributed by atoms with van der Waals surface area (Å²) in [5.41, 5.74) is 4.37. The van der Waals surface area contributed by atoms with Crippen LogP contribution in [0.1, 0.15) is 119 Å². The molecule has 2 aliphatic carbocycles. The van der Waals surface area contributed by atoms with Crippen LogP contribution in [0.4, 0.5) is 0 Å². The van der Waals surface area contributed by atoms with Crippen molar-refractivity contribution in [3.63, 3.8) is 0 Å². The molecule has 1 heterocycles. The lowest BCUT2D eigenvalue weighted by molar-refractivity contribution is -0.145. The molecule has 17 nitrogen and oxygen atoms in total. The van der Waals surface area contributed by atoms with Crippen molar-refractivity contribution in [2.24, 2.45) is 23.0 Å². The molecule has 0 spiro atoms. The summed E-state index contributed by atoms with van der Waals surface area (Å²) in [4.78, 5) is 107. The number of hydrogen-bond acceptors (Lipinski definition) is 10. The van der Waals surface area contributed by atoms with Gasteiger partial charge in [-0.25, -0.2) is 9.59 Å². The van der Waals surface area contributed by atoms with Gasteiger partial charge in [-0.2, -0.15) is 0 Å². The number of allylic oxidation sites excluding steroid dienone is 1. The van der Waals surface area contributed by atoms with Crippen LogP contribution >= 0.6 is 0 Å². The van der Waals surface area contributed by atoms with Crippen molar-refractivity contribution in [3.05, 3.63) is 47.5 Å². The topological polar surface area (TPSA) is 253 Å². The second-order valence-electron chi connectivity index (χ2n) is 16.7. The Hall–Kier alpha value is -5.32. The molecular formula is C42H60N6O11. The van der Waals surface area contributed by atoms with E-state index in [4.69, 9.17) is 10.5 Å². The number of benzene rings is 1. The van der Waals surface area contributed by atoms with Crippen LogP contribution in [0.3, 0.4) is 0 Å². The Kier molecular flexibility index (Phi) is 17.0. The fraction of sp³-hybridized carbons (Fsp3) is 0.619. The SMILES string of the molecule is COC(=O)/C=C/CC[C@H](NC(=O)c1ccccc1C(=O)O)C(=O)N[C@H](C(=O)N1COC[C@H]1C(=O)N[C@H](C(=O)N[C@H](C(N)=O)C1CCCCC1)C1CCCCC1)C(C)(C)C. The van der Waals surface area contributed by atoms with Crippen LogP contribution in [0.15, 0.2) is 36.4 Å². The normalized spacial score (nSPS) is 19.8. The first kappa shape index (κ1) is 46.4. The summed E-state index contributed by atoms with van der Waals surface area (Å²) in [6, 6.07) is -0.0953. The Balaban J connectivity index is 1.54. The van der Waals surface area contributed by atoms with Crippen LogP contribution in [0, 0.1) is 17.3 Å². The number of rotatable bonds is 17. The summed E-state index contributed by atoms with van der Waals surface area (Å²) in [6.07, 6.45) is 11.2. The highest BCUT2D eigenvalue weighted by atomic mass is 16.5. The summed E-state index contributed by atoms with van der Waals surface area (Å²) >= 11 is 0. The number of carbonyl (C=O) groups is 8. The average Bonchev–Trinajstić information content (AvgIpc) is 3.72. The molecule has 6 amide bonds. The standard InChI is InChI=1S/C42H60N6O11/c1-42(2,3)34(47-37(52)29(21-13-14-22-31(49)58-4)44-36(51)27-19-11-12-20-28(27)41(56)57)40(55)48-24-59-23-30(48)38(53)46-33(26-17-9-6-10-18-26)39(54)45-32(35(43)50)25-15-7-5-8-16-25/h11-12,14,19-20,22,25-26,29-30,32-34H,5-10,13,15-18,21,23-24H2,1-4H3,(H2,43,50)(H,44,51)(H,45,54)(H,46,53)(H,47,52)(H,56,57)/b22-14+/t29-,30-,32-,33-,34+/m0/s1. The van der Waals surface area contributed by atoms with Crippen molar-refractivity contribution in [1.29, 1.82) is 0 Å². The van der Waals surface area contributed by atoms with Crippen LogP contribution < -0.4 is 27.0 Å². The first-order valence-electron chi connectivity index (χ1n) is 20.5. The van der Waals surface area contributed by atoms with Gasteiger partial charge in [0, 0.05) is 6.08 Å². The van der Waals surface area contributed by atoms with Gasteiger partial charge in [0.15, 0.2) is 0 Å². The van der Waals surface area contributed by atoms with E-state index in [9.17, 15) is 43.5 Å². The maximum Gasteiger partial charge on any atom is 0.336 e. The molecule has 1 aliphatic heterocycles. The van der Waals surface area contributed by atoms with Gasteiger partial charge in [-0.05, 0) is 67.9 Å². The summed E-state index contributed by atoms with van der Waals surface area (Å²) in [6.45, 7) is 4.67. The Morgan fingerprint density at radius 1 is 0.847 bits per heavy atom. The van der Waals surface area contributed by atoms with E-state index in [1.165, 1.54) is 42.4 Å². The third kappa shape index (κ3) is 12.8. The van der Waals surface area contributed by atoms with E-state index in [2.05, 4.69) is 26.0 Å². The first-order valence-corrected chi connectivity index (χ1v) is 20.5. The number of methoxy groups -OCH3 is 1. The molecule has 3 fully saturated rings. The van der Waals surface area contributed by atoms with Crippen LogP contribution in [0.2, 0.25) is 0 Å². The molecule has 1 aromatic carbocycles. The number of primary amides is 1. The van der Waals surface area contributed by atoms with Crippen molar-refractivity contribution >= 4 is 47.4 Å². The molecule has 1 aromatic rings. The average molecular weight is 825 g/mol. The van der Waals surface area contributed by atoms with Gasteiger partial charge in [0.05, 0.1) is 24.8 Å². The van der Waals surface area contributed by atoms with Crippen molar-refractivity contribution in [2.45, 2.75) is 128 Å². The molecule has 5 atom stereocenters. The predicted octanol–water partition coefficient (Wildman–Crippen LogP) is 2.32. The smallest absolute Gasteiger partial charge is 0.336 e. The minimum Gasteiger partial charge on any atom is -0.478 e. The number of hydrogen-bond donors (Lipinski definition) is 6. The first-order chi connectivity index (χ1) is 28.0. The zero-order valence-electron chi connectivity index (χ0n) is 34.5. The molecule has 0 unspecified atom stereocenters. The number of carboxylic acids is 1. The monoisotopic (exact) mass is 824 g/mol. The van der Waals surface area contributed by atoms with E-state index in [1.54, 1.807) is 20.8 Å². The molecule has 0 radical (unpaired) electrons.